The summed E-state index contributed by atoms with van der Waals surface area (Å²) < 4.78 is 13.4. The Balaban J connectivity index is 2.03. The van der Waals surface area contributed by atoms with Crippen molar-refractivity contribution in [1.82, 2.24) is 10.2 Å². The molecule has 0 amide bonds. The molecule has 0 saturated carbocycles. The minimum atomic E-state index is -0.372. The van der Waals surface area contributed by atoms with Crippen molar-refractivity contribution in [3.63, 3.8) is 0 Å². The third-order valence-corrected chi connectivity index (χ3v) is 3.61. The molecule has 0 bridgehead atoms. The summed E-state index contributed by atoms with van der Waals surface area (Å²) in [7, 11) is 0. The van der Waals surface area contributed by atoms with Gasteiger partial charge in [-0.15, -0.1) is 0 Å². The monoisotopic (exact) mass is 272 g/mol. The number of nitrogens with one attached hydrogen (secondary N) is 1. The summed E-state index contributed by atoms with van der Waals surface area (Å²) in [4.78, 5) is 2.27. The number of nitrogens with zero attached hydrogens (tertiary/aromatic N) is 1. The Hall–Kier alpha value is -0.680. The molecule has 1 aromatic carbocycles. The van der Waals surface area contributed by atoms with Crippen LogP contribution in [0.3, 0.4) is 0 Å². The molecule has 0 unspecified atom stereocenters. The fourth-order valence-electron chi connectivity index (χ4n) is 2.32. The van der Waals surface area contributed by atoms with E-state index in [1.807, 2.05) is 6.07 Å². The Morgan fingerprint density at radius 2 is 2.33 bits per heavy atom. The van der Waals surface area contributed by atoms with Crippen LogP contribution in [0.4, 0.5) is 4.39 Å². The van der Waals surface area contributed by atoms with Crippen LogP contribution in [-0.2, 0) is 6.54 Å². The maximum atomic E-state index is 13.4. The van der Waals surface area contributed by atoms with E-state index in [0.29, 0.717) is 12.6 Å². The van der Waals surface area contributed by atoms with Crippen LogP contribution in [0, 0.1) is 5.82 Å². The molecule has 0 aromatic heterocycles. The molecule has 0 radical (unpaired) electrons. The number of halogens is 2. The van der Waals surface area contributed by atoms with E-state index in [1.54, 1.807) is 6.07 Å². The van der Waals surface area contributed by atoms with Crippen molar-refractivity contribution in [2.75, 3.05) is 26.2 Å². The highest BCUT2D eigenvalue weighted by Gasteiger charge is 2.21. The molecule has 100 valence electrons. The first-order valence-electron chi connectivity index (χ1n) is 6.20. The SMILES string of the molecule is OCC[C@H]1CNCCN1Cc1ccc(Cl)c(F)c1. The molecule has 2 rings (SSSR count). The Labute approximate surface area is 112 Å². The molecule has 1 aliphatic rings. The number of aliphatic hydroxyl groups is 1. The predicted octanol–water partition coefficient (Wildman–Crippen LogP) is 1.64. The van der Waals surface area contributed by atoms with Gasteiger partial charge in [-0.2, -0.15) is 0 Å². The number of piperazine rings is 1. The first-order valence-corrected chi connectivity index (χ1v) is 6.58. The Bertz CT molecular complexity index is 401. The van der Waals surface area contributed by atoms with Crippen molar-refractivity contribution in [3.8, 4) is 0 Å². The summed E-state index contributed by atoms with van der Waals surface area (Å²) >= 11 is 5.67. The van der Waals surface area contributed by atoms with Gasteiger partial charge < -0.3 is 10.4 Å². The summed E-state index contributed by atoms with van der Waals surface area (Å²) in [6, 6.07) is 5.24. The predicted molar refractivity (Wildman–Crippen MR) is 70.2 cm³/mol. The number of rotatable bonds is 4. The van der Waals surface area contributed by atoms with E-state index in [1.165, 1.54) is 6.07 Å². The van der Waals surface area contributed by atoms with Crippen molar-refractivity contribution in [2.24, 2.45) is 0 Å². The zero-order valence-corrected chi connectivity index (χ0v) is 11.0. The molecule has 1 fully saturated rings. The summed E-state index contributed by atoms with van der Waals surface area (Å²) in [5, 5.41) is 12.5. The lowest BCUT2D eigenvalue weighted by atomic mass is 10.1. The van der Waals surface area contributed by atoms with E-state index in [0.717, 1.165) is 31.6 Å². The second-order valence-electron chi connectivity index (χ2n) is 4.59. The standard InChI is InChI=1S/C13H18ClFN2O/c14-12-2-1-10(7-13(12)15)9-17-5-4-16-8-11(17)3-6-18/h1-2,7,11,16,18H,3-6,8-9H2/t11-/m0/s1. The van der Waals surface area contributed by atoms with E-state index >= 15 is 0 Å². The molecule has 1 aromatic rings. The van der Waals surface area contributed by atoms with Gasteiger partial charge in [-0.1, -0.05) is 17.7 Å². The van der Waals surface area contributed by atoms with Crippen LogP contribution in [0.15, 0.2) is 18.2 Å². The molecule has 1 heterocycles. The number of aliphatic hydroxyl groups excluding tert-OH is 1. The molecule has 1 aliphatic heterocycles. The van der Waals surface area contributed by atoms with Crippen molar-refractivity contribution < 1.29 is 9.50 Å². The van der Waals surface area contributed by atoms with E-state index in [-0.39, 0.29) is 17.4 Å². The summed E-state index contributed by atoms with van der Waals surface area (Å²) in [5.74, 6) is -0.372. The zero-order chi connectivity index (χ0) is 13.0. The number of hydrogen-bond acceptors (Lipinski definition) is 3. The maximum Gasteiger partial charge on any atom is 0.142 e. The largest absolute Gasteiger partial charge is 0.396 e. The van der Waals surface area contributed by atoms with Crippen LogP contribution >= 0.6 is 11.6 Å². The van der Waals surface area contributed by atoms with Crippen LogP contribution in [-0.4, -0.2) is 42.3 Å². The minimum Gasteiger partial charge on any atom is -0.396 e. The Morgan fingerprint density at radius 3 is 3.06 bits per heavy atom. The summed E-state index contributed by atoms with van der Waals surface area (Å²) in [6.45, 7) is 3.59. The molecular weight excluding hydrogens is 255 g/mol. The molecule has 0 spiro atoms. The highest BCUT2D eigenvalue weighted by Crippen LogP contribution is 2.18. The van der Waals surface area contributed by atoms with Crippen molar-refractivity contribution in [2.45, 2.75) is 19.0 Å². The first kappa shape index (κ1) is 13.7. The quantitative estimate of drug-likeness (QED) is 0.875. The second kappa shape index (κ2) is 6.48. The highest BCUT2D eigenvalue weighted by molar-refractivity contribution is 6.30. The third kappa shape index (κ3) is 3.42. The van der Waals surface area contributed by atoms with Gasteiger partial charge in [0.25, 0.3) is 0 Å². The van der Waals surface area contributed by atoms with Crippen molar-refractivity contribution in [3.05, 3.63) is 34.6 Å². The van der Waals surface area contributed by atoms with Gasteiger partial charge >= 0.3 is 0 Å². The zero-order valence-electron chi connectivity index (χ0n) is 10.2. The first-order chi connectivity index (χ1) is 8.70. The second-order valence-corrected chi connectivity index (χ2v) is 5.00. The van der Waals surface area contributed by atoms with Crippen LogP contribution in [0.5, 0.6) is 0 Å². The summed E-state index contributed by atoms with van der Waals surface area (Å²) in [5.41, 5.74) is 0.918. The van der Waals surface area contributed by atoms with Gasteiger partial charge in [-0.25, -0.2) is 4.39 Å². The Kier molecular flexibility index (Phi) is 4.95. The fraction of sp³-hybridized carbons (Fsp3) is 0.538. The molecule has 5 heteroatoms. The van der Waals surface area contributed by atoms with Crippen molar-refractivity contribution in [1.29, 1.82) is 0 Å². The molecule has 2 N–H and O–H groups in total. The van der Waals surface area contributed by atoms with Gasteiger partial charge in [0.2, 0.25) is 0 Å². The van der Waals surface area contributed by atoms with E-state index in [2.05, 4.69) is 10.2 Å². The van der Waals surface area contributed by atoms with E-state index in [4.69, 9.17) is 16.7 Å². The number of benzene rings is 1. The topological polar surface area (TPSA) is 35.5 Å². The van der Waals surface area contributed by atoms with Crippen LogP contribution in [0.2, 0.25) is 5.02 Å². The van der Waals surface area contributed by atoms with Crippen LogP contribution < -0.4 is 5.32 Å². The van der Waals surface area contributed by atoms with Gasteiger partial charge in [-0.05, 0) is 24.1 Å². The third-order valence-electron chi connectivity index (χ3n) is 3.30. The molecule has 3 nitrogen and oxygen atoms in total. The highest BCUT2D eigenvalue weighted by atomic mass is 35.5. The van der Waals surface area contributed by atoms with Crippen molar-refractivity contribution >= 4 is 11.6 Å². The lowest BCUT2D eigenvalue weighted by molar-refractivity contribution is 0.123. The van der Waals surface area contributed by atoms with Gasteiger partial charge in [0.15, 0.2) is 0 Å². The van der Waals surface area contributed by atoms with Gasteiger partial charge in [0, 0.05) is 38.8 Å². The maximum absolute atomic E-state index is 13.4. The fourth-order valence-corrected chi connectivity index (χ4v) is 2.43. The average molecular weight is 273 g/mol. The minimum absolute atomic E-state index is 0.158. The van der Waals surface area contributed by atoms with Crippen LogP contribution in [0.25, 0.3) is 0 Å². The van der Waals surface area contributed by atoms with E-state index < -0.39 is 0 Å². The molecule has 18 heavy (non-hydrogen) atoms. The smallest absolute Gasteiger partial charge is 0.142 e. The lowest BCUT2D eigenvalue weighted by Crippen LogP contribution is -2.51. The average Bonchev–Trinajstić information content (AvgIpc) is 2.37. The molecular formula is C13H18ClFN2O. The van der Waals surface area contributed by atoms with Gasteiger partial charge in [-0.3, -0.25) is 4.90 Å². The normalized spacial score (nSPS) is 21.2. The molecule has 1 saturated heterocycles. The van der Waals surface area contributed by atoms with Gasteiger partial charge in [0.05, 0.1) is 5.02 Å². The Morgan fingerprint density at radius 1 is 1.50 bits per heavy atom. The lowest BCUT2D eigenvalue weighted by Gasteiger charge is -2.36. The molecule has 0 aliphatic carbocycles. The molecule has 1 atom stereocenters. The van der Waals surface area contributed by atoms with Gasteiger partial charge in [0.1, 0.15) is 5.82 Å². The van der Waals surface area contributed by atoms with E-state index in [9.17, 15) is 4.39 Å². The number of hydrogen-bond donors (Lipinski definition) is 2. The van der Waals surface area contributed by atoms with Crippen LogP contribution in [0.1, 0.15) is 12.0 Å². The summed E-state index contributed by atoms with van der Waals surface area (Å²) in [6.07, 6.45) is 0.739.